The molecule has 0 bridgehead atoms. The molecule has 3 aromatic rings. The van der Waals surface area contributed by atoms with Crippen molar-refractivity contribution < 1.29 is 8.91 Å². The molecule has 1 aliphatic heterocycles. The highest BCUT2D eigenvalue weighted by Crippen LogP contribution is 2.33. The van der Waals surface area contributed by atoms with Gasteiger partial charge in [0.25, 0.3) is 5.95 Å². The molecular weight excluding hydrogens is 345 g/mol. The highest BCUT2D eigenvalue weighted by Gasteiger charge is 2.31. The molecule has 6 nitrogen and oxygen atoms in total. The summed E-state index contributed by atoms with van der Waals surface area (Å²) in [5, 5.41) is 9.45. The predicted molar refractivity (Wildman–Crippen MR) is 99.4 cm³/mol. The van der Waals surface area contributed by atoms with Crippen molar-refractivity contribution in [1.82, 2.24) is 24.8 Å². The third-order valence-corrected chi connectivity index (χ3v) is 6.16. The summed E-state index contributed by atoms with van der Waals surface area (Å²) in [6.07, 6.45) is 6.84. The second-order valence-corrected chi connectivity index (χ2v) is 7.68. The van der Waals surface area contributed by atoms with Crippen LogP contribution in [0.3, 0.4) is 0 Å². The number of aryl methyl sites for hydroxylation is 1. The largest absolute Gasteiger partial charge is 0.337 e. The molecule has 2 fully saturated rings. The Labute approximate surface area is 157 Å². The van der Waals surface area contributed by atoms with Crippen molar-refractivity contribution in [3.05, 3.63) is 35.6 Å². The lowest BCUT2D eigenvalue weighted by Gasteiger charge is -2.41. The average Bonchev–Trinajstić information content (AvgIpc) is 3.26. The molecule has 2 aliphatic rings. The van der Waals surface area contributed by atoms with Gasteiger partial charge in [-0.05, 0) is 56.4 Å². The van der Waals surface area contributed by atoms with Crippen LogP contribution >= 0.6 is 0 Å². The fourth-order valence-electron chi connectivity index (χ4n) is 4.34. The first-order valence-corrected chi connectivity index (χ1v) is 9.98. The second-order valence-electron chi connectivity index (χ2n) is 7.68. The Morgan fingerprint density at radius 2 is 2.00 bits per heavy atom. The molecule has 1 saturated carbocycles. The first-order chi connectivity index (χ1) is 13.2. The van der Waals surface area contributed by atoms with Crippen LogP contribution in [-0.2, 0) is 6.42 Å². The summed E-state index contributed by atoms with van der Waals surface area (Å²) in [4.78, 5) is 7.18. The smallest absolute Gasteiger partial charge is 0.291 e. The molecule has 5 rings (SSSR count). The van der Waals surface area contributed by atoms with Gasteiger partial charge in [-0.1, -0.05) is 25.5 Å². The lowest BCUT2D eigenvalue weighted by atomic mass is 9.88. The van der Waals surface area contributed by atoms with Crippen molar-refractivity contribution in [2.24, 2.45) is 0 Å². The zero-order valence-electron chi connectivity index (χ0n) is 15.6. The summed E-state index contributed by atoms with van der Waals surface area (Å²) in [6.45, 7) is 4.19. The van der Waals surface area contributed by atoms with E-state index in [1.54, 1.807) is 6.07 Å². The Morgan fingerprint density at radius 3 is 2.70 bits per heavy atom. The molecule has 0 unspecified atom stereocenters. The van der Waals surface area contributed by atoms with Crippen LogP contribution in [0, 0.1) is 5.82 Å². The Kier molecular flexibility index (Phi) is 4.19. The molecule has 0 atom stereocenters. The van der Waals surface area contributed by atoms with E-state index in [2.05, 4.69) is 20.1 Å². The molecule has 0 radical (unpaired) electrons. The van der Waals surface area contributed by atoms with Crippen molar-refractivity contribution in [2.45, 2.75) is 57.4 Å². The number of rotatable bonds is 4. The van der Waals surface area contributed by atoms with E-state index in [4.69, 9.17) is 4.52 Å². The zero-order chi connectivity index (χ0) is 18.4. The van der Waals surface area contributed by atoms with Gasteiger partial charge in [0.05, 0.1) is 5.69 Å². The summed E-state index contributed by atoms with van der Waals surface area (Å²) < 4.78 is 21.5. The third kappa shape index (κ3) is 2.84. The number of benzene rings is 1. The minimum Gasteiger partial charge on any atom is -0.337 e. The van der Waals surface area contributed by atoms with Crippen molar-refractivity contribution in [2.75, 3.05) is 13.1 Å². The topological polar surface area (TPSA) is 60.0 Å². The quantitative estimate of drug-likeness (QED) is 0.699. The SMILES string of the molecule is CCc1nn(-c2noc(C3CCN(C4CCC4)CC3)n2)c2c(F)cccc12. The molecule has 0 N–H and O–H groups in total. The van der Waals surface area contributed by atoms with Gasteiger partial charge >= 0.3 is 0 Å². The maximum absolute atomic E-state index is 14.4. The van der Waals surface area contributed by atoms with Crippen LogP contribution < -0.4 is 0 Å². The summed E-state index contributed by atoms with van der Waals surface area (Å²) in [7, 11) is 0. The van der Waals surface area contributed by atoms with E-state index in [1.807, 2.05) is 13.0 Å². The minimum absolute atomic E-state index is 0.278. The number of hydrogen-bond donors (Lipinski definition) is 0. The van der Waals surface area contributed by atoms with Gasteiger partial charge in [-0.15, -0.1) is 0 Å². The van der Waals surface area contributed by atoms with Gasteiger partial charge < -0.3 is 9.42 Å². The maximum Gasteiger partial charge on any atom is 0.291 e. The van der Waals surface area contributed by atoms with Crippen LogP contribution in [-0.4, -0.2) is 44.0 Å². The molecule has 27 heavy (non-hydrogen) atoms. The lowest BCUT2D eigenvalue weighted by molar-refractivity contribution is 0.0923. The number of para-hydroxylation sites is 1. The highest BCUT2D eigenvalue weighted by molar-refractivity contribution is 5.83. The zero-order valence-corrected chi connectivity index (χ0v) is 15.6. The number of halogens is 1. The van der Waals surface area contributed by atoms with E-state index in [-0.39, 0.29) is 11.7 Å². The lowest BCUT2D eigenvalue weighted by Crippen LogP contribution is -2.44. The van der Waals surface area contributed by atoms with Crippen molar-refractivity contribution >= 4 is 10.9 Å². The summed E-state index contributed by atoms with van der Waals surface area (Å²) in [5.74, 6) is 0.928. The van der Waals surface area contributed by atoms with Gasteiger partial charge in [0.15, 0.2) is 0 Å². The number of likely N-dealkylation sites (tertiary alicyclic amines) is 1. The molecule has 1 aromatic carbocycles. The number of piperidine rings is 1. The summed E-state index contributed by atoms with van der Waals surface area (Å²) in [6, 6.07) is 5.82. The van der Waals surface area contributed by atoms with Crippen molar-refractivity contribution in [1.29, 1.82) is 0 Å². The first-order valence-electron chi connectivity index (χ1n) is 9.98. The second kappa shape index (κ2) is 6.71. The van der Waals surface area contributed by atoms with E-state index in [9.17, 15) is 4.39 Å². The van der Waals surface area contributed by atoms with Gasteiger partial charge in [0.2, 0.25) is 5.89 Å². The molecule has 0 spiro atoms. The number of nitrogens with zero attached hydrogens (tertiary/aromatic N) is 5. The summed E-state index contributed by atoms with van der Waals surface area (Å²) >= 11 is 0. The van der Waals surface area contributed by atoms with E-state index < -0.39 is 0 Å². The Morgan fingerprint density at radius 1 is 1.19 bits per heavy atom. The molecule has 0 amide bonds. The van der Waals surface area contributed by atoms with Crippen molar-refractivity contribution in [3.8, 4) is 5.95 Å². The molecule has 3 heterocycles. The fourth-order valence-corrected chi connectivity index (χ4v) is 4.34. The third-order valence-electron chi connectivity index (χ3n) is 6.16. The van der Waals surface area contributed by atoms with Gasteiger partial charge in [-0.3, -0.25) is 0 Å². The number of hydrogen-bond acceptors (Lipinski definition) is 5. The summed E-state index contributed by atoms with van der Waals surface area (Å²) in [5.41, 5.74) is 1.26. The van der Waals surface area contributed by atoms with Gasteiger partial charge in [-0.25, -0.2) is 4.39 Å². The van der Waals surface area contributed by atoms with Gasteiger partial charge in [0, 0.05) is 17.3 Å². The van der Waals surface area contributed by atoms with Crippen molar-refractivity contribution in [3.63, 3.8) is 0 Å². The predicted octanol–water partition coefficient (Wildman–Crippen LogP) is 3.84. The van der Waals surface area contributed by atoms with Crippen LogP contribution in [0.2, 0.25) is 0 Å². The van der Waals surface area contributed by atoms with Crippen LogP contribution in [0.4, 0.5) is 4.39 Å². The number of fused-ring (bicyclic) bond motifs is 1. The Hall–Kier alpha value is -2.28. The molecule has 2 aromatic heterocycles. The van der Waals surface area contributed by atoms with Crippen LogP contribution in [0.25, 0.3) is 16.9 Å². The fraction of sp³-hybridized carbons (Fsp3) is 0.550. The van der Waals surface area contributed by atoms with Crippen LogP contribution in [0.15, 0.2) is 22.7 Å². The highest BCUT2D eigenvalue weighted by atomic mass is 19.1. The molecular formula is C20H24FN5O. The van der Waals surface area contributed by atoms with Crippen LogP contribution in [0.1, 0.15) is 56.5 Å². The standard InChI is InChI=1S/C20H24FN5O/c1-2-17-15-7-4-8-16(21)18(15)26(23-17)20-22-19(27-24-20)13-9-11-25(12-10-13)14-5-3-6-14/h4,7-8,13-14H,2-3,5-6,9-12H2,1H3. The van der Waals surface area contributed by atoms with E-state index in [1.165, 1.54) is 30.0 Å². The normalized spacial score (nSPS) is 19.6. The van der Waals surface area contributed by atoms with E-state index in [0.717, 1.165) is 49.5 Å². The van der Waals surface area contributed by atoms with E-state index >= 15 is 0 Å². The molecule has 142 valence electrons. The monoisotopic (exact) mass is 369 g/mol. The average molecular weight is 369 g/mol. The maximum atomic E-state index is 14.4. The molecule has 1 saturated heterocycles. The van der Waals surface area contributed by atoms with E-state index in [0.29, 0.717) is 17.4 Å². The Balaban J connectivity index is 1.40. The van der Waals surface area contributed by atoms with Gasteiger partial charge in [-0.2, -0.15) is 14.8 Å². The van der Waals surface area contributed by atoms with Crippen LogP contribution in [0.5, 0.6) is 0 Å². The Bertz CT molecular complexity index is 953. The minimum atomic E-state index is -0.320. The molecule has 1 aliphatic carbocycles. The first kappa shape index (κ1) is 16.9. The van der Waals surface area contributed by atoms with Gasteiger partial charge in [0.1, 0.15) is 11.3 Å². The molecule has 7 heteroatoms. The number of aromatic nitrogens is 4.